The van der Waals surface area contributed by atoms with E-state index in [0.717, 1.165) is 18.2 Å². The first-order valence-electron chi connectivity index (χ1n) is 6.99. The van der Waals surface area contributed by atoms with Gasteiger partial charge in [0.25, 0.3) is 0 Å². The van der Waals surface area contributed by atoms with Crippen LogP contribution in [0.5, 0.6) is 0 Å². The molecule has 0 amide bonds. The highest BCUT2D eigenvalue weighted by Crippen LogP contribution is 2.21. The summed E-state index contributed by atoms with van der Waals surface area (Å²) < 4.78 is 2.16. The maximum absolute atomic E-state index is 4.58. The van der Waals surface area contributed by atoms with E-state index in [9.17, 15) is 0 Å². The lowest BCUT2D eigenvalue weighted by molar-refractivity contribution is 0.822. The number of nitrogens with zero attached hydrogens (tertiary/aromatic N) is 2. The molecule has 1 N–H and O–H groups in total. The summed E-state index contributed by atoms with van der Waals surface area (Å²) >= 11 is 0. The molecule has 0 aliphatic heterocycles. The molecule has 3 heteroatoms. The van der Waals surface area contributed by atoms with Crippen LogP contribution in [0.15, 0.2) is 24.4 Å². The van der Waals surface area contributed by atoms with E-state index in [2.05, 4.69) is 60.0 Å². The zero-order chi connectivity index (χ0) is 13.8. The fourth-order valence-electron chi connectivity index (χ4n) is 2.16. The third kappa shape index (κ3) is 3.16. The first-order valence-corrected chi connectivity index (χ1v) is 6.99. The van der Waals surface area contributed by atoms with Gasteiger partial charge in [-0.2, -0.15) is 0 Å². The molecule has 0 atom stereocenters. The first kappa shape index (κ1) is 13.7. The Labute approximate surface area is 115 Å². The van der Waals surface area contributed by atoms with Gasteiger partial charge in [0.1, 0.15) is 0 Å². The van der Waals surface area contributed by atoms with Crippen molar-refractivity contribution < 1.29 is 0 Å². The van der Waals surface area contributed by atoms with Gasteiger partial charge in [0.2, 0.25) is 5.95 Å². The fourth-order valence-corrected chi connectivity index (χ4v) is 2.16. The Morgan fingerprint density at radius 3 is 2.74 bits per heavy atom. The van der Waals surface area contributed by atoms with Crippen molar-refractivity contribution in [2.24, 2.45) is 0 Å². The second-order valence-corrected chi connectivity index (χ2v) is 5.15. The molecule has 0 spiro atoms. The van der Waals surface area contributed by atoms with Gasteiger partial charge < -0.3 is 5.32 Å². The molecular formula is C16H23N3. The van der Waals surface area contributed by atoms with Crippen LogP contribution in [0, 0.1) is 20.8 Å². The number of aromatic nitrogens is 2. The van der Waals surface area contributed by atoms with Gasteiger partial charge in [0, 0.05) is 12.7 Å². The number of rotatable bonds is 5. The molecule has 2 rings (SSSR count). The third-order valence-corrected chi connectivity index (χ3v) is 3.26. The molecule has 0 radical (unpaired) electrons. The van der Waals surface area contributed by atoms with Crippen molar-refractivity contribution in [1.82, 2.24) is 9.55 Å². The number of hydrogen-bond donors (Lipinski definition) is 1. The molecule has 0 saturated heterocycles. The number of benzene rings is 1. The van der Waals surface area contributed by atoms with Gasteiger partial charge in [0.15, 0.2) is 0 Å². The summed E-state index contributed by atoms with van der Waals surface area (Å²) in [6.07, 6.45) is 4.45. The molecule has 0 aliphatic carbocycles. The Morgan fingerprint density at radius 1 is 1.21 bits per heavy atom. The van der Waals surface area contributed by atoms with E-state index < -0.39 is 0 Å². The molecule has 0 saturated carbocycles. The Balaban J connectivity index is 2.35. The number of anilines is 1. The maximum Gasteiger partial charge on any atom is 0.207 e. The van der Waals surface area contributed by atoms with Crippen LogP contribution in [-0.4, -0.2) is 16.1 Å². The minimum Gasteiger partial charge on any atom is -0.355 e. The Hall–Kier alpha value is -1.77. The largest absolute Gasteiger partial charge is 0.355 e. The second kappa shape index (κ2) is 5.91. The van der Waals surface area contributed by atoms with Crippen LogP contribution in [0.4, 0.5) is 5.95 Å². The molecule has 1 aromatic carbocycles. The number of nitrogens with one attached hydrogen (secondary N) is 1. The minimum absolute atomic E-state index is 0.944. The quantitative estimate of drug-likeness (QED) is 0.820. The number of hydrogen-bond acceptors (Lipinski definition) is 2. The molecule has 1 aromatic heterocycles. The Kier molecular flexibility index (Phi) is 4.25. The molecule has 0 bridgehead atoms. The predicted octanol–water partition coefficient (Wildman–Crippen LogP) is 4.01. The standard InChI is InChI=1S/C16H23N3/c1-5-6-9-17-16-18-14(4)11-19(16)15-10-12(2)7-8-13(15)3/h7-8,10-11H,5-6,9H2,1-4H3,(H,17,18). The molecule has 0 aliphatic rings. The fraction of sp³-hybridized carbons (Fsp3) is 0.438. The number of unbranched alkanes of at least 4 members (excludes halogenated alkanes) is 1. The van der Waals surface area contributed by atoms with Crippen molar-refractivity contribution >= 4 is 5.95 Å². The van der Waals surface area contributed by atoms with Crippen molar-refractivity contribution in [2.75, 3.05) is 11.9 Å². The van der Waals surface area contributed by atoms with Gasteiger partial charge in [-0.25, -0.2) is 4.98 Å². The lowest BCUT2D eigenvalue weighted by Crippen LogP contribution is -2.08. The van der Waals surface area contributed by atoms with Crippen molar-refractivity contribution in [2.45, 2.75) is 40.5 Å². The smallest absolute Gasteiger partial charge is 0.207 e. The van der Waals surface area contributed by atoms with Gasteiger partial charge in [-0.05, 0) is 44.4 Å². The van der Waals surface area contributed by atoms with Crippen LogP contribution in [0.3, 0.4) is 0 Å². The van der Waals surface area contributed by atoms with Crippen molar-refractivity contribution in [3.8, 4) is 5.69 Å². The van der Waals surface area contributed by atoms with E-state index in [1.54, 1.807) is 0 Å². The molecule has 102 valence electrons. The second-order valence-electron chi connectivity index (χ2n) is 5.15. The van der Waals surface area contributed by atoms with Gasteiger partial charge in [-0.15, -0.1) is 0 Å². The Morgan fingerprint density at radius 2 is 2.00 bits per heavy atom. The summed E-state index contributed by atoms with van der Waals surface area (Å²) in [7, 11) is 0. The monoisotopic (exact) mass is 257 g/mol. The van der Waals surface area contributed by atoms with Crippen LogP contribution < -0.4 is 5.32 Å². The van der Waals surface area contributed by atoms with Crippen molar-refractivity contribution in [3.63, 3.8) is 0 Å². The van der Waals surface area contributed by atoms with Crippen molar-refractivity contribution in [3.05, 3.63) is 41.2 Å². The molecule has 1 heterocycles. The molecule has 2 aromatic rings. The lowest BCUT2D eigenvalue weighted by Gasteiger charge is -2.12. The summed E-state index contributed by atoms with van der Waals surface area (Å²) in [4.78, 5) is 4.58. The van der Waals surface area contributed by atoms with Crippen LogP contribution in [0.25, 0.3) is 5.69 Å². The van der Waals surface area contributed by atoms with Crippen molar-refractivity contribution in [1.29, 1.82) is 0 Å². The summed E-state index contributed by atoms with van der Waals surface area (Å²) in [6, 6.07) is 6.52. The summed E-state index contributed by atoms with van der Waals surface area (Å²) in [6.45, 7) is 9.46. The van der Waals surface area contributed by atoms with Gasteiger partial charge >= 0.3 is 0 Å². The summed E-state index contributed by atoms with van der Waals surface area (Å²) in [5.74, 6) is 0.944. The van der Waals surface area contributed by atoms with Crippen LogP contribution >= 0.6 is 0 Å². The highest BCUT2D eigenvalue weighted by Gasteiger charge is 2.09. The van der Waals surface area contributed by atoms with Gasteiger partial charge in [0.05, 0.1) is 11.4 Å². The average Bonchev–Trinajstić information content (AvgIpc) is 2.74. The van der Waals surface area contributed by atoms with Crippen LogP contribution in [0.1, 0.15) is 36.6 Å². The third-order valence-electron chi connectivity index (χ3n) is 3.26. The topological polar surface area (TPSA) is 29.9 Å². The number of aryl methyl sites for hydroxylation is 3. The zero-order valence-corrected chi connectivity index (χ0v) is 12.3. The molecule has 19 heavy (non-hydrogen) atoms. The summed E-state index contributed by atoms with van der Waals surface area (Å²) in [5, 5.41) is 3.43. The van der Waals surface area contributed by atoms with E-state index >= 15 is 0 Å². The minimum atomic E-state index is 0.944. The molecule has 0 unspecified atom stereocenters. The van der Waals surface area contributed by atoms with Gasteiger partial charge in [-0.1, -0.05) is 25.5 Å². The lowest BCUT2D eigenvalue weighted by atomic mass is 10.1. The predicted molar refractivity (Wildman–Crippen MR) is 81.2 cm³/mol. The number of imidazole rings is 1. The molecular weight excluding hydrogens is 234 g/mol. The molecule has 3 nitrogen and oxygen atoms in total. The van der Waals surface area contributed by atoms with E-state index in [0.29, 0.717) is 0 Å². The molecule has 0 fully saturated rings. The SMILES string of the molecule is CCCCNc1nc(C)cn1-c1cc(C)ccc1C. The first-order chi connectivity index (χ1) is 9.11. The highest BCUT2D eigenvalue weighted by molar-refractivity contribution is 5.49. The zero-order valence-electron chi connectivity index (χ0n) is 12.3. The Bertz CT molecular complexity index is 555. The highest BCUT2D eigenvalue weighted by atomic mass is 15.2. The normalized spacial score (nSPS) is 10.7. The average molecular weight is 257 g/mol. The van der Waals surface area contributed by atoms with E-state index in [1.165, 1.54) is 29.7 Å². The van der Waals surface area contributed by atoms with Crippen LogP contribution in [-0.2, 0) is 0 Å². The van der Waals surface area contributed by atoms with E-state index in [1.807, 2.05) is 6.92 Å². The maximum atomic E-state index is 4.58. The van der Waals surface area contributed by atoms with E-state index in [4.69, 9.17) is 0 Å². The van der Waals surface area contributed by atoms with E-state index in [-0.39, 0.29) is 0 Å². The summed E-state index contributed by atoms with van der Waals surface area (Å²) in [5.41, 5.74) is 4.78. The van der Waals surface area contributed by atoms with Gasteiger partial charge in [-0.3, -0.25) is 4.57 Å². The van der Waals surface area contributed by atoms with Crippen LogP contribution in [0.2, 0.25) is 0 Å².